The first-order valence-corrected chi connectivity index (χ1v) is 38.6. The van der Waals surface area contributed by atoms with E-state index in [0.717, 1.165) is 12.8 Å². The molecule has 0 radical (unpaired) electrons. The van der Waals surface area contributed by atoms with Gasteiger partial charge in [0.05, 0.1) is 0 Å². The Morgan fingerprint density at radius 3 is 0.899 bits per heavy atom. The van der Waals surface area contributed by atoms with Gasteiger partial charge in [0.25, 0.3) is 0 Å². The Hall–Kier alpha value is -1.03. The van der Waals surface area contributed by atoms with Crippen LogP contribution >= 0.6 is 37.2 Å². The molecule has 0 aliphatic rings. The molecule has 0 aromatic heterocycles. The monoisotopic (exact) mass is 1440 g/mol. The number of fused-ring (bicyclic) bond motifs is 5. The standard InChI is InChI=1S/C14H17.2C13H15.2C12H13.2C2H6Si.6ClH.3Zr/c1-10-8-11-6-5-7-13(12(11)9-10)14(2,3)4;2*1-9(2)12-6-4-5-11-7-10(3)8-13(11)12;2*1-3-10-5-4-6-11-7-9(2)8-12(10)11;2*1-3-2;;;;;;;;;/h5-9H,1-4H3;2*4-9H,1-3H3;2*4-8H,3H2,1-2H3;2*1-2H3;6*1H;;;/q5*-1;;;;;;;;;2*+2;+4/p-3. The molecule has 0 N–H and O–H groups in total. The van der Waals surface area contributed by atoms with E-state index in [0.29, 0.717) is 11.8 Å². The average molecular weight is 1450 g/mol. The van der Waals surface area contributed by atoms with Gasteiger partial charge in [0.15, 0.2) is 0 Å². The second kappa shape index (κ2) is 41.1. The van der Waals surface area contributed by atoms with Crippen molar-refractivity contribution in [2.45, 2.75) is 153 Å². The zero-order valence-electron chi connectivity index (χ0n) is 50.4. The molecule has 10 rings (SSSR count). The largest absolute Gasteiger partial charge is 4.00 e. The van der Waals surface area contributed by atoms with Gasteiger partial charge in [0, 0.05) is 0 Å². The van der Waals surface area contributed by atoms with Crippen LogP contribution in [0.1, 0.15) is 130 Å². The molecule has 0 saturated heterocycles. The zero-order chi connectivity index (χ0) is 53.4. The summed E-state index contributed by atoms with van der Waals surface area (Å²) >= 11 is 3.48. The van der Waals surface area contributed by atoms with Gasteiger partial charge in [-0.2, -0.15) is 30.3 Å². The summed E-state index contributed by atoms with van der Waals surface area (Å²) in [5.74, 6) is 1.23. The molecule has 0 spiro atoms. The van der Waals surface area contributed by atoms with Gasteiger partial charge >= 0.3 is 110 Å². The summed E-state index contributed by atoms with van der Waals surface area (Å²) in [5.41, 5.74) is 14.8. The van der Waals surface area contributed by atoms with Gasteiger partial charge in [-0.05, 0) is 30.1 Å². The van der Waals surface area contributed by atoms with Crippen molar-refractivity contribution >= 4 is 102 Å². The van der Waals surface area contributed by atoms with Crippen LogP contribution in [0.15, 0.2) is 152 Å². The van der Waals surface area contributed by atoms with Gasteiger partial charge in [-0.25, -0.2) is 0 Å². The first kappa shape index (κ1) is 84.4. The van der Waals surface area contributed by atoms with Crippen molar-refractivity contribution in [1.82, 2.24) is 0 Å². The summed E-state index contributed by atoms with van der Waals surface area (Å²) < 4.78 is 0. The summed E-state index contributed by atoms with van der Waals surface area (Å²) in [5, 5.41) is 14.0. The van der Waals surface area contributed by atoms with Gasteiger partial charge in [-0.1, -0.05) is 155 Å². The maximum Gasteiger partial charge on any atom is 4.00 e. The van der Waals surface area contributed by atoms with Crippen LogP contribution in [-0.4, -0.2) is 10.9 Å². The average Bonchev–Trinajstić information content (AvgIpc) is 4.14. The molecule has 10 aromatic rings. The molecule has 0 amide bonds. The second-order valence-electron chi connectivity index (χ2n) is 21.8. The number of benzene rings is 5. The van der Waals surface area contributed by atoms with Crippen LogP contribution in [0.5, 0.6) is 0 Å². The molecule has 0 fully saturated rings. The molecular weight excluding hydrogens is 1360 g/mol. The number of halogens is 6. The van der Waals surface area contributed by atoms with E-state index < -0.39 is 0 Å². The maximum absolute atomic E-state index is 2.31. The summed E-state index contributed by atoms with van der Waals surface area (Å²) in [6.07, 6.45) is 2.25. The Bertz CT molecular complexity index is 3140. The van der Waals surface area contributed by atoms with Crippen molar-refractivity contribution in [2.75, 3.05) is 0 Å². The normalized spacial score (nSPS) is 9.92. The van der Waals surface area contributed by atoms with Crippen molar-refractivity contribution in [3.05, 3.63) is 207 Å². The van der Waals surface area contributed by atoms with Crippen LogP contribution in [-0.2, 0) is 91.1 Å². The molecule has 0 aliphatic heterocycles. The minimum atomic E-state index is 0. The summed E-state index contributed by atoms with van der Waals surface area (Å²) in [6.45, 7) is 40.2. The van der Waals surface area contributed by atoms with Crippen LogP contribution in [0, 0.1) is 34.6 Å². The predicted molar refractivity (Wildman–Crippen MR) is 344 cm³/mol. The predicted octanol–water partition coefficient (Wildman–Crippen LogP) is 12.8. The maximum atomic E-state index is 2.31. The fourth-order valence-corrected chi connectivity index (χ4v) is 9.38. The smallest absolute Gasteiger partial charge is 1.00 e. The fraction of sp³-hybridized carbons (Fsp3) is 0.338. The minimum Gasteiger partial charge on any atom is -1.00 e. The number of hydrogen-bond donors (Lipinski definition) is 0. The van der Waals surface area contributed by atoms with Crippen LogP contribution in [0.3, 0.4) is 0 Å². The van der Waals surface area contributed by atoms with Gasteiger partial charge in [0.2, 0.25) is 0 Å². The Labute approximate surface area is 565 Å². The Kier molecular flexibility index (Phi) is 43.9. The topological polar surface area (TPSA) is 0 Å². The second-order valence-corrected chi connectivity index (χ2v) is 40.5. The van der Waals surface area contributed by atoms with Crippen molar-refractivity contribution < 1.29 is 110 Å². The summed E-state index contributed by atoms with van der Waals surface area (Å²) in [6, 6.07) is 55.4. The van der Waals surface area contributed by atoms with Gasteiger partial charge in [0.1, 0.15) is 0 Å². The molecule has 422 valence electrons. The van der Waals surface area contributed by atoms with Crippen molar-refractivity contribution in [1.29, 1.82) is 0 Å². The fourth-order valence-electron chi connectivity index (χ4n) is 9.38. The third-order valence-corrected chi connectivity index (χ3v) is 12.5. The van der Waals surface area contributed by atoms with Gasteiger partial charge < -0.3 is 37.2 Å². The van der Waals surface area contributed by atoms with E-state index in [1.807, 2.05) is 0 Å². The minimum absolute atomic E-state index is 0. The van der Waals surface area contributed by atoms with Crippen molar-refractivity contribution in [3.8, 4) is 0 Å². The number of aryl methyl sites for hydroxylation is 7. The molecule has 0 bridgehead atoms. The molecule has 0 atom stereocenters. The van der Waals surface area contributed by atoms with E-state index in [1.54, 1.807) is 46.7 Å². The molecular formula is C68H88Cl6Si2Zr3. The first-order valence-electron chi connectivity index (χ1n) is 26.3. The molecule has 0 aliphatic carbocycles. The molecule has 79 heavy (non-hydrogen) atoms. The van der Waals surface area contributed by atoms with Crippen LogP contribution in [0.2, 0.25) is 26.2 Å². The molecule has 0 unspecified atom stereocenters. The van der Waals surface area contributed by atoms with E-state index in [9.17, 15) is 0 Å². The van der Waals surface area contributed by atoms with Crippen LogP contribution < -0.4 is 37.2 Å². The molecule has 0 nitrogen and oxygen atoms in total. The number of hydrogen-bond acceptors (Lipinski definition) is 0. The third kappa shape index (κ3) is 26.8. The quantitative estimate of drug-likeness (QED) is 0.122. The zero-order valence-corrected chi connectivity index (χ0v) is 64.5. The summed E-state index contributed by atoms with van der Waals surface area (Å²) in [7, 11) is 0. The van der Waals surface area contributed by atoms with Crippen LogP contribution in [0.25, 0.3) is 53.9 Å². The first-order chi connectivity index (χ1) is 33.9. The number of rotatable bonds is 4. The van der Waals surface area contributed by atoms with E-state index in [4.69, 9.17) is 0 Å². The molecule has 11 heteroatoms. The molecule has 0 saturated carbocycles. The van der Waals surface area contributed by atoms with Crippen LogP contribution in [0.4, 0.5) is 0 Å². The SMILES string of the molecule is CCc1cccc2[cH-]c(C)cc12.CCc1cccc2[cH-]c(C)cc12.C[Si](C)=[Zr+2].C[Si](C)=[Zr+2].Cc1cc2c(C(C)(C)C)cccc2[cH-]1.Cc1cc2c(C(C)C)cccc2[cH-]1.Cc1cc2c(C(C)C)cccc2[cH-]1.Cl.Cl.Cl.[Cl-].[Cl-].[Cl-].[Zr+4]. The summed E-state index contributed by atoms with van der Waals surface area (Å²) in [4.78, 5) is 0. The van der Waals surface area contributed by atoms with Crippen molar-refractivity contribution in [3.63, 3.8) is 0 Å². The van der Waals surface area contributed by atoms with Crippen molar-refractivity contribution in [2.24, 2.45) is 0 Å². The van der Waals surface area contributed by atoms with Gasteiger partial charge in [-0.15, -0.1) is 210 Å². The third-order valence-electron chi connectivity index (χ3n) is 12.5. The van der Waals surface area contributed by atoms with E-state index in [-0.39, 0.29) is 117 Å². The van der Waals surface area contributed by atoms with E-state index in [2.05, 4.69) is 275 Å². The Morgan fingerprint density at radius 1 is 0.405 bits per heavy atom. The Balaban J connectivity index is -0.000000421. The Morgan fingerprint density at radius 2 is 0.633 bits per heavy atom. The molecule has 0 heterocycles. The van der Waals surface area contributed by atoms with E-state index in [1.165, 1.54) is 109 Å². The molecule has 10 aromatic carbocycles. The van der Waals surface area contributed by atoms with Gasteiger partial charge in [-0.3, -0.25) is 0 Å². The van der Waals surface area contributed by atoms with E-state index >= 15 is 0 Å².